The van der Waals surface area contributed by atoms with Crippen molar-refractivity contribution < 1.29 is 4.74 Å². The van der Waals surface area contributed by atoms with Crippen molar-refractivity contribution in [1.29, 1.82) is 0 Å². The Morgan fingerprint density at radius 2 is 1.69 bits per heavy atom. The smallest absolute Gasteiger partial charge is 0.119 e. The van der Waals surface area contributed by atoms with Gasteiger partial charge < -0.3 is 10.5 Å². The normalized spacial score (nSPS) is 26.9. The third kappa shape index (κ3) is 1.94. The molecule has 1 aliphatic rings. The van der Waals surface area contributed by atoms with Crippen LogP contribution in [0.2, 0.25) is 0 Å². The van der Waals surface area contributed by atoms with Crippen molar-refractivity contribution in [3.63, 3.8) is 0 Å². The number of nitrogens with two attached hydrogens (primary N) is 1. The highest BCUT2D eigenvalue weighted by Gasteiger charge is 2.55. The van der Waals surface area contributed by atoms with Crippen LogP contribution < -0.4 is 10.5 Å². The van der Waals surface area contributed by atoms with Gasteiger partial charge in [0.05, 0.1) is 6.10 Å². The second kappa shape index (κ2) is 3.77. The van der Waals surface area contributed by atoms with E-state index in [1.54, 1.807) is 0 Å². The highest BCUT2D eigenvalue weighted by Crippen LogP contribution is 2.57. The van der Waals surface area contributed by atoms with Gasteiger partial charge in [0.1, 0.15) is 5.75 Å². The minimum atomic E-state index is 0.227. The lowest BCUT2D eigenvalue weighted by Crippen LogP contribution is -2.06. The predicted octanol–water partition coefficient (Wildman–Crippen LogP) is 2.92. The third-order valence-corrected chi connectivity index (χ3v) is 3.52. The van der Waals surface area contributed by atoms with Crippen molar-refractivity contribution in [2.75, 3.05) is 0 Å². The molecule has 0 aromatic heterocycles. The Hall–Kier alpha value is -1.02. The van der Waals surface area contributed by atoms with E-state index in [-0.39, 0.29) is 11.5 Å². The van der Waals surface area contributed by atoms with Gasteiger partial charge in [-0.3, -0.25) is 0 Å². The topological polar surface area (TPSA) is 35.2 Å². The second-order valence-corrected chi connectivity index (χ2v) is 5.56. The molecule has 1 aromatic rings. The first-order valence-corrected chi connectivity index (χ1v) is 5.95. The summed E-state index contributed by atoms with van der Waals surface area (Å²) in [6, 6.07) is 8.64. The van der Waals surface area contributed by atoms with Crippen LogP contribution in [0.5, 0.6) is 5.75 Å². The summed E-state index contributed by atoms with van der Waals surface area (Å²) in [7, 11) is 0. The Labute approximate surface area is 97.8 Å². The summed E-state index contributed by atoms with van der Waals surface area (Å²) in [5.41, 5.74) is 7.64. The van der Waals surface area contributed by atoms with Crippen molar-refractivity contribution in [2.45, 2.75) is 45.8 Å². The number of rotatable bonds is 3. The van der Waals surface area contributed by atoms with Crippen LogP contribution >= 0.6 is 0 Å². The molecule has 1 fully saturated rings. The molecule has 2 rings (SSSR count). The fourth-order valence-corrected chi connectivity index (χ4v) is 2.34. The van der Waals surface area contributed by atoms with Crippen molar-refractivity contribution in [3.05, 3.63) is 29.8 Å². The molecule has 1 saturated carbocycles. The second-order valence-electron chi connectivity index (χ2n) is 5.56. The largest absolute Gasteiger partial charge is 0.491 e. The van der Waals surface area contributed by atoms with E-state index in [2.05, 4.69) is 26.0 Å². The molecular weight excluding hydrogens is 198 g/mol. The molecule has 16 heavy (non-hydrogen) atoms. The third-order valence-electron chi connectivity index (χ3n) is 3.52. The van der Waals surface area contributed by atoms with Crippen molar-refractivity contribution in [3.8, 4) is 5.75 Å². The molecule has 2 heteroatoms. The summed E-state index contributed by atoms with van der Waals surface area (Å²) in [5.74, 6) is 1.44. The van der Waals surface area contributed by atoms with Gasteiger partial charge in [-0.15, -0.1) is 0 Å². The van der Waals surface area contributed by atoms with Gasteiger partial charge >= 0.3 is 0 Å². The van der Waals surface area contributed by atoms with Gasteiger partial charge in [-0.1, -0.05) is 26.0 Å². The maximum Gasteiger partial charge on any atom is 0.119 e. The average molecular weight is 219 g/mol. The molecule has 0 amide bonds. The molecule has 0 bridgehead atoms. The summed E-state index contributed by atoms with van der Waals surface area (Å²) in [6.07, 6.45) is 0.227. The number of hydrogen-bond donors (Lipinski definition) is 1. The molecule has 88 valence electrons. The van der Waals surface area contributed by atoms with E-state index in [0.29, 0.717) is 12.0 Å². The molecule has 0 heterocycles. The van der Waals surface area contributed by atoms with Crippen molar-refractivity contribution >= 4 is 0 Å². The van der Waals surface area contributed by atoms with Crippen LogP contribution in [0.1, 0.15) is 39.2 Å². The Morgan fingerprint density at radius 3 is 2.06 bits per heavy atom. The molecular formula is C14H21NO. The van der Waals surface area contributed by atoms with Crippen LogP contribution in [-0.4, -0.2) is 12.1 Å². The fraction of sp³-hybridized carbons (Fsp3) is 0.571. The molecule has 2 nitrogen and oxygen atoms in total. The first kappa shape index (κ1) is 11.5. The zero-order valence-corrected chi connectivity index (χ0v) is 10.5. The van der Waals surface area contributed by atoms with Crippen LogP contribution in [0.3, 0.4) is 0 Å². The zero-order valence-electron chi connectivity index (χ0n) is 10.5. The van der Waals surface area contributed by atoms with E-state index in [1.165, 1.54) is 5.56 Å². The molecule has 0 saturated heterocycles. The molecule has 2 atom stereocenters. The summed E-state index contributed by atoms with van der Waals surface area (Å²) in [4.78, 5) is 0. The van der Waals surface area contributed by atoms with Crippen molar-refractivity contribution in [1.82, 2.24) is 0 Å². The Morgan fingerprint density at radius 1 is 1.19 bits per heavy atom. The fourth-order valence-electron chi connectivity index (χ4n) is 2.34. The molecule has 1 aromatic carbocycles. The van der Waals surface area contributed by atoms with Gasteiger partial charge in [0, 0.05) is 12.0 Å². The molecule has 0 aliphatic heterocycles. The van der Waals surface area contributed by atoms with Crippen LogP contribution in [0.25, 0.3) is 0 Å². The van der Waals surface area contributed by atoms with E-state index in [1.807, 2.05) is 26.0 Å². The van der Waals surface area contributed by atoms with E-state index < -0.39 is 0 Å². The van der Waals surface area contributed by atoms with E-state index in [4.69, 9.17) is 10.5 Å². The Kier molecular flexibility index (Phi) is 2.70. The first-order chi connectivity index (χ1) is 7.43. The minimum absolute atomic E-state index is 0.227. The van der Waals surface area contributed by atoms with Crippen LogP contribution in [-0.2, 0) is 0 Å². The summed E-state index contributed by atoms with van der Waals surface area (Å²) < 4.78 is 5.62. The maximum absolute atomic E-state index is 6.06. The average Bonchev–Trinajstić information content (AvgIpc) is 2.67. The minimum Gasteiger partial charge on any atom is -0.491 e. The van der Waals surface area contributed by atoms with Crippen molar-refractivity contribution in [2.24, 2.45) is 11.1 Å². The van der Waals surface area contributed by atoms with Gasteiger partial charge in [0.15, 0.2) is 0 Å². The van der Waals surface area contributed by atoms with Gasteiger partial charge in [-0.2, -0.15) is 0 Å². The monoisotopic (exact) mass is 219 g/mol. The zero-order chi connectivity index (χ0) is 11.9. The quantitative estimate of drug-likeness (QED) is 0.848. The van der Waals surface area contributed by atoms with Crippen LogP contribution in [0, 0.1) is 5.41 Å². The van der Waals surface area contributed by atoms with Gasteiger partial charge in [-0.25, -0.2) is 0 Å². The highest BCUT2D eigenvalue weighted by molar-refractivity contribution is 5.37. The van der Waals surface area contributed by atoms with E-state index in [0.717, 1.165) is 5.75 Å². The first-order valence-electron chi connectivity index (χ1n) is 5.95. The molecule has 2 N–H and O–H groups in total. The van der Waals surface area contributed by atoms with Crippen LogP contribution in [0.15, 0.2) is 24.3 Å². The standard InChI is InChI=1S/C14H21NO/c1-9(2)16-11-7-5-10(6-8-11)12-13(15)14(12,3)4/h5-9,12-13H,15H2,1-4H3/t12-,13-/m1/s1. The number of benzene rings is 1. The molecule has 0 unspecified atom stereocenters. The number of ether oxygens (including phenoxy) is 1. The van der Waals surface area contributed by atoms with E-state index in [9.17, 15) is 0 Å². The molecule has 1 aliphatic carbocycles. The molecule has 0 radical (unpaired) electrons. The molecule has 0 spiro atoms. The van der Waals surface area contributed by atoms with Crippen LogP contribution in [0.4, 0.5) is 0 Å². The number of hydrogen-bond acceptors (Lipinski definition) is 2. The highest BCUT2D eigenvalue weighted by atomic mass is 16.5. The SMILES string of the molecule is CC(C)Oc1ccc([C@@H]2[C@@H](N)C2(C)C)cc1. The van der Waals surface area contributed by atoms with E-state index >= 15 is 0 Å². The van der Waals surface area contributed by atoms with Gasteiger partial charge in [0.25, 0.3) is 0 Å². The lowest BCUT2D eigenvalue weighted by Gasteiger charge is -2.10. The Balaban J connectivity index is 2.09. The summed E-state index contributed by atoms with van der Waals surface area (Å²) in [5, 5.41) is 0. The summed E-state index contributed by atoms with van der Waals surface area (Å²) in [6.45, 7) is 8.52. The lowest BCUT2D eigenvalue weighted by atomic mass is 10.0. The lowest BCUT2D eigenvalue weighted by molar-refractivity contribution is 0.242. The van der Waals surface area contributed by atoms with Gasteiger partial charge in [-0.05, 0) is 37.0 Å². The predicted molar refractivity (Wildman–Crippen MR) is 66.7 cm³/mol. The Bertz CT molecular complexity index is 367. The maximum atomic E-state index is 6.06. The summed E-state index contributed by atoms with van der Waals surface area (Å²) >= 11 is 0. The van der Waals surface area contributed by atoms with Gasteiger partial charge in [0.2, 0.25) is 0 Å².